The Morgan fingerprint density at radius 3 is 2.72 bits per heavy atom. The van der Waals surface area contributed by atoms with Crippen LogP contribution in [0.15, 0.2) is 18.2 Å². The van der Waals surface area contributed by atoms with Crippen LogP contribution in [0.5, 0.6) is 5.75 Å². The summed E-state index contributed by atoms with van der Waals surface area (Å²) in [4.78, 5) is 0. The van der Waals surface area contributed by atoms with Gasteiger partial charge in [-0.3, -0.25) is 0 Å². The summed E-state index contributed by atoms with van der Waals surface area (Å²) in [6.07, 6.45) is 1.07. The third-order valence-electron chi connectivity index (χ3n) is 2.88. The molecule has 0 saturated heterocycles. The van der Waals surface area contributed by atoms with Crippen LogP contribution in [0.3, 0.4) is 0 Å². The van der Waals surface area contributed by atoms with E-state index < -0.39 is 0 Å². The first-order valence-corrected chi connectivity index (χ1v) is 7.52. The summed E-state index contributed by atoms with van der Waals surface area (Å²) >= 11 is 1.92. The molecular formula is C14H22FNOS. The van der Waals surface area contributed by atoms with Crippen LogP contribution in [-0.2, 0) is 0 Å². The van der Waals surface area contributed by atoms with Gasteiger partial charge in [0.25, 0.3) is 0 Å². The van der Waals surface area contributed by atoms with Gasteiger partial charge in [0.15, 0.2) is 0 Å². The predicted molar refractivity (Wildman–Crippen MR) is 76.7 cm³/mol. The van der Waals surface area contributed by atoms with Crippen LogP contribution in [-0.4, -0.2) is 22.7 Å². The van der Waals surface area contributed by atoms with Gasteiger partial charge in [-0.15, -0.1) is 0 Å². The molecule has 2 N–H and O–H groups in total. The van der Waals surface area contributed by atoms with Crippen molar-refractivity contribution in [3.05, 3.63) is 29.6 Å². The Morgan fingerprint density at radius 2 is 2.11 bits per heavy atom. The fourth-order valence-corrected chi connectivity index (χ4v) is 2.68. The Hall–Kier alpha value is -0.740. The zero-order valence-electron chi connectivity index (χ0n) is 11.2. The van der Waals surface area contributed by atoms with Crippen LogP contribution in [0.2, 0.25) is 0 Å². The number of hydrogen-bond donors (Lipinski definition) is 2. The van der Waals surface area contributed by atoms with E-state index in [2.05, 4.69) is 19.2 Å². The van der Waals surface area contributed by atoms with Crippen molar-refractivity contribution >= 4 is 11.8 Å². The number of hydrogen-bond acceptors (Lipinski definition) is 3. The fourth-order valence-electron chi connectivity index (χ4n) is 1.87. The molecule has 0 aliphatic rings. The van der Waals surface area contributed by atoms with Crippen molar-refractivity contribution in [1.82, 2.24) is 5.32 Å². The second-order valence-electron chi connectivity index (χ2n) is 4.48. The highest BCUT2D eigenvalue weighted by Crippen LogP contribution is 2.21. The van der Waals surface area contributed by atoms with Gasteiger partial charge in [-0.1, -0.05) is 13.0 Å². The molecule has 0 radical (unpaired) electrons. The van der Waals surface area contributed by atoms with Crippen molar-refractivity contribution in [2.24, 2.45) is 0 Å². The molecule has 18 heavy (non-hydrogen) atoms. The number of halogens is 1. The van der Waals surface area contributed by atoms with Crippen LogP contribution in [0.1, 0.15) is 38.8 Å². The van der Waals surface area contributed by atoms with Crippen molar-refractivity contribution in [1.29, 1.82) is 0 Å². The molecule has 4 heteroatoms. The summed E-state index contributed by atoms with van der Waals surface area (Å²) < 4.78 is 13.7. The minimum absolute atomic E-state index is 0.0316. The summed E-state index contributed by atoms with van der Waals surface area (Å²) in [5, 5.41) is 12.6. The van der Waals surface area contributed by atoms with E-state index in [1.165, 1.54) is 6.07 Å². The molecule has 0 spiro atoms. The van der Waals surface area contributed by atoms with Gasteiger partial charge < -0.3 is 10.4 Å². The van der Waals surface area contributed by atoms with E-state index in [0.29, 0.717) is 11.6 Å². The molecule has 0 fully saturated rings. The first kappa shape index (κ1) is 15.3. The van der Waals surface area contributed by atoms with Crippen LogP contribution < -0.4 is 5.32 Å². The van der Waals surface area contributed by atoms with Crippen LogP contribution in [0, 0.1) is 5.82 Å². The first-order chi connectivity index (χ1) is 8.54. The molecular weight excluding hydrogens is 249 g/mol. The zero-order valence-corrected chi connectivity index (χ0v) is 12.1. The maximum Gasteiger partial charge on any atom is 0.131 e. The van der Waals surface area contributed by atoms with Gasteiger partial charge in [0.2, 0.25) is 0 Å². The Labute approximate surface area is 113 Å². The van der Waals surface area contributed by atoms with Crippen molar-refractivity contribution in [3.63, 3.8) is 0 Å². The summed E-state index contributed by atoms with van der Waals surface area (Å²) in [6, 6.07) is 4.62. The number of phenols is 1. The van der Waals surface area contributed by atoms with E-state index in [-0.39, 0.29) is 17.6 Å². The number of nitrogens with one attached hydrogen (secondary N) is 1. The van der Waals surface area contributed by atoms with Gasteiger partial charge in [-0.05, 0) is 37.8 Å². The van der Waals surface area contributed by atoms with E-state index in [1.807, 2.05) is 18.7 Å². The van der Waals surface area contributed by atoms with Gasteiger partial charge in [-0.2, -0.15) is 11.8 Å². The number of rotatable bonds is 7. The first-order valence-electron chi connectivity index (χ1n) is 6.36. The Bertz CT molecular complexity index is 373. The number of aromatic hydroxyl groups is 1. The molecule has 0 aromatic heterocycles. The Kier molecular flexibility index (Phi) is 6.50. The highest BCUT2D eigenvalue weighted by atomic mass is 32.2. The maximum atomic E-state index is 13.7. The second kappa shape index (κ2) is 7.64. The average molecular weight is 271 g/mol. The molecule has 2 nitrogen and oxygen atoms in total. The van der Waals surface area contributed by atoms with E-state index in [9.17, 15) is 9.50 Å². The molecule has 0 aliphatic carbocycles. The lowest BCUT2D eigenvalue weighted by Crippen LogP contribution is -2.29. The summed E-state index contributed by atoms with van der Waals surface area (Å²) in [5.74, 6) is 1.87. The lowest BCUT2D eigenvalue weighted by Gasteiger charge is -2.20. The zero-order chi connectivity index (χ0) is 13.5. The molecule has 0 bridgehead atoms. The normalized spacial score (nSPS) is 14.4. The van der Waals surface area contributed by atoms with Gasteiger partial charge in [0, 0.05) is 23.7 Å². The average Bonchev–Trinajstić information content (AvgIpc) is 2.28. The smallest absolute Gasteiger partial charge is 0.131 e. The summed E-state index contributed by atoms with van der Waals surface area (Å²) in [7, 11) is 0. The quantitative estimate of drug-likeness (QED) is 0.741. The number of thioether (sulfide) groups is 1. The van der Waals surface area contributed by atoms with Crippen LogP contribution in [0.25, 0.3) is 0 Å². The SMILES string of the molecule is CCSCCC(C)NC(C)c1ccc(O)cc1F. The van der Waals surface area contributed by atoms with Crippen molar-refractivity contribution in [2.75, 3.05) is 11.5 Å². The molecule has 0 amide bonds. The molecule has 0 aliphatic heterocycles. The molecule has 0 saturated carbocycles. The third kappa shape index (κ3) is 4.86. The molecule has 102 valence electrons. The maximum absolute atomic E-state index is 13.7. The third-order valence-corrected chi connectivity index (χ3v) is 3.82. The fraction of sp³-hybridized carbons (Fsp3) is 0.571. The molecule has 0 heterocycles. The van der Waals surface area contributed by atoms with Gasteiger partial charge in [0.05, 0.1) is 0 Å². The van der Waals surface area contributed by atoms with Gasteiger partial charge in [0.1, 0.15) is 11.6 Å². The predicted octanol–water partition coefficient (Wildman–Crippen LogP) is 3.71. The lowest BCUT2D eigenvalue weighted by atomic mass is 10.1. The summed E-state index contributed by atoms with van der Waals surface area (Å²) in [6.45, 7) is 6.21. The van der Waals surface area contributed by atoms with E-state index >= 15 is 0 Å². The monoisotopic (exact) mass is 271 g/mol. The topological polar surface area (TPSA) is 32.3 Å². The Balaban J connectivity index is 2.51. The number of phenolic OH excluding ortho intramolecular Hbond substituents is 1. The molecule has 1 aromatic rings. The van der Waals surface area contributed by atoms with Crippen molar-refractivity contribution in [2.45, 2.75) is 39.3 Å². The van der Waals surface area contributed by atoms with E-state index in [1.54, 1.807) is 6.07 Å². The Morgan fingerprint density at radius 1 is 1.39 bits per heavy atom. The summed E-state index contributed by atoms with van der Waals surface area (Å²) in [5.41, 5.74) is 0.600. The molecule has 2 unspecified atom stereocenters. The van der Waals surface area contributed by atoms with Crippen LogP contribution >= 0.6 is 11.8 Å². The lowest BCUT2D eigenvalue weighted by molar-refractivity contribution is 0.446. The molecule has 1 aromatic carbocycles. The van der Waals surface area contributed by atoms with Crippen molar-refractivity contribution in [3.8, 4) is 5.75 Å². The van der Waals surface area contributed by atoms with Crippen LogP contribution in [0.4, 0.5) is 4.39 Å². The largest absolute Gasteiger partial charge is 0.508 e. The number of benzene rings is 1. The second-order valence-corrected chi connectivity index (χ2v) is 5.87. The standard InChI is InChI=1S/C14H22FNOS/c1-4-18-8-7-10(2)16-11(3)13-6-5-12(17)9-14(13)15/h5-6,9-11,16-17H,4,7-8H2,1-3H3. The molecule has 2 atom stereocenters. The van der Waals surface area contributed by atoms with Crippen molar-refractivity contribution < 1.29 is 9.50 Å². The minimum atomic E-state index is -0.356. The van der Waals surface area contributed by atoms with Gasteiger partial charge in [-0.25, -0.2) is 4.39 Å². The minimum Gasteiger partial charge on any atom is -0.508 e. The highest BCUT2D eigenvalue weighted by Gasteiger charge is 2.13. The van der Waals surface area contributed by atoms with E-state index in [0.717, 1.165) is 24.0 Å². The highest BCUT2D eigenvalue weighted by molar-refractivity contribution is 7.99. The molecule has 1 rings (SSSR count). The van der Waals surface area contributed by atoms with E-state index in [4.69, 9.17) is 0 Å². The van der Waals surface area contributed by atoms with Gasteiger partial charge >= 0.3 is 0 Å².